The molecule has 2 heteroatoms. The minimum Gasteiger partial charge on any atom is -0.402 e. The minimum absolute atomic E-state index is 0.232. The third-order valence-electron chi connectivity index (χ3n) is 3.82. The van der Waals surface area contributed by atoms with Crippen LogP contribution in [-0.4, -0.2) is 0 Å². The Kier molecular flexibility index (Phi) is 2.88. The average molecular weight is 250 g/mol. The molecule has 0 aliphatic carbocycles. The van der Waals surface area contributed by atoms with Gasteiger partial charge in [0.05, 0.1) is 5.54 Å². The summed E-state index contributed by atoms with van der Waals surface area (Å²) in [7, 11) is 0. The molecular weight excluding hydrogens is 232 g/mol. The van der Waals surface area contributed by atoms with Gasteiger partial charge in [-0.15, -0.1) is 0 Å². The molecule has 2 nitrogen and oxygen atoms in total. The van der Waals surface area contributed by atoms with Crippen molar-refractivity contribution in [1.29, 1.82) is 0 Å². The Morgan fingerprint density at radius 3 is 2.53 bits per heavy atom. The highest BCUT2D eigenvalue weighted by Gasteiger charge is 2.39. The molecule has 1 aliphatic rings. The van der Waals surface area contributed by atoms with Crippen LogP contribution in [0, 0.1) is 0 Å². The number of rotatable bonds is 3. The molecule has 0 fully saturated rings. The normalized spacial score (nSPS) is 21.1. The Balaban J connectivity index is 2.17. The van der Waals surface area contributed by atoms with E-state index in [1.54, 1.807) is 0 Å². The van der Waals surface area contributed by atoms with Crippen LogP contribution in [-0.2, 0) is 12.1 Å². The van der Waals surface area contributed by atoms with Crippen molar-refractivity contribution in [2.24, 2.45) is 5.73 Å². The largest absolute Gasteiger partial charge is 0.402 e. The number of nitrogens with one attached hydrogen (secondary N) is 1. The van der Waals surface area contributed by atoms with Crippen molar-refractivity contribution in [1.82, 2.24) is 5.32 Å². The first kappa shape index (κ1) is 12.0. The molecule has 96 valence electrons. The van der Waals surface area contributed by atoms with Crippen LogP contribution in [0.5, 0.6) is 0 Å². The van der Waals surface area contributed by atoms with Crippen LogP contribution in [0.15, 0.2) is 66.9 Å². The van der Waals surface area contributed by atoms with Gasteiger partial charge in [0, 0.05) is 18.7 Å². The molecule has 1 atom stereocenters. The third-order valence-corrected chi connectivity index (χ3v) is 3.82. The summed E-state index contributed by atoms with van der Waals surface area (Å²) in [5, 5.41) is 3.64. The molecule has 0 amide bonds. The molecule has 0 saturated carbocycles. The molecule has 0 saturated heterocycles. The van der Waals surface area contributed by atoms with Gasteiger partial charge in [0.2, 0.25) is 0 Å². The summed E-state index contributed by atoms with van der Waals surface area (Å²) in [6.07, 6.45) is 0.716. The van der Waals surface area contributed by atoms with Gasteiger partial charge in [-0.25, -0.2) is 0 Å². The Morgan fingerprint density at radius 1 is 1.11 bits per heavy atom. The van der Waals surface area contributed by atoms with E-state index in [9.17, 15) is 0 Å². The van der Waals surface area contributed by atoms with Crippen molar-refractivity contribution < 1.29 is 0 Å². The number of nitrogens with two attached hydrogens (primary N) is 1. The Morgan fingerprint density at radius 2 is 1.79 bits per heavy atom. The predicted molar refractivity (Wildman–Crippen MR) is 78.4 cm³/mol. The van der Waals surface area contributed by atoms with Gasteiger partial charge in [-0.3, -0.25) is 5.32 Å². The smallest absolute Gasteiger partial charge is 0.0751 e. The van der Waals surface area contributed by atoms with Gasteiger partial charge in [-0.05, 0) is 16.7 Å². The fraction of sp³-hybridized carbons (Fsp3) is 0.176. The number of benzene rings is 2. The summed E-state index contributed by atoms with van der Waals surface area (Å²) in [5.74, 6) is 0. The lowest BCUT2D eigenvalue weighted by atomic mass is 9.80. The second-order valence-electron chi connectivity index (χ2n) is 5.12. The molecule has 1 aliphatic heterocycles. The van der Waals surface area contributed by atoms with E-state index in [1.807, 2.05) is 6.07 Å². The van der Waals surface area contributed by atoms with Gasteiger partial charge in [0.1, 0.15) is 0 Å². The van der Waals surface area contributed by atoms with Crippen LogP contribution in [0.3, 0.4) is 0 Å². The molecule has 1 heterocycles. The van der Waals surface area contributed by atoms with Crippen LogP contribution < -0.4 is 11.1 Å². The van der Waals surface area contributed by atoms with Crippen molar-refractivity contribution in [2.75, 3.05) is 0 Å². The molecule has 0 bridgehead atoms. The van der Waals surface area contributed by atoms with Gasteiger partial charge >= 0.3 is 0 Å². The first-order chi connectivity index (χ1) is 9.22. The zero-order valence-electron chi connectivity index (χ0n) is 10.9. The van der Waals surface area contributed by atoms with Crippen LogP contribution in [0.2, 0.25) is 0 Å². The van der Waals surface area contributed by atoms with Crippen molar-refractivity contribution in [3.63, 3.8) is 0 Å². The summed E-state index contributed by atoms with van der Waals surface area (Å²) in [6.45, 7) is 4.77. The monoisotopic (exact) mass is 250 g/mol. The van der Waals surface area contributed by atoms with Crippen molar-refractivity contribution in [3.8, 4) is 0 Å². The zero-order chi connectivity index (χ0) is 13.3. The van der Waals surface area contributed by atoms with E-state index in [4.69, 9.17) is 5.73 Å². The second-order valence-corrected chi connectivity index (χ2v) is 5.12. The standard InChI is InChI=1S/C17H18N2/c1-13(18)11-17(15-8-3-2-4-9-15)16-10-6-5-7-14(16)12-19-17/h2-10,19H,1,11-12,18H2. The quantitative estimate of drug-likeness (QED) is 0.879. The molecule has 19 heavy (non-hydrogen) atoms. The third kappa shape index (κ3) is 1.94. The minimum atomic E-state index is -0.232. The van der Waals surface area contributed by atoms with Gasteiger partial charge < -0.3 is 5.73 Å². The Bertz CT molecular complexity index is 604. The lowest BCUT2D eigenvalue weighted by molar-refractivity contribution is 0.431. The van der Waals surface area contributed by atoms with Gasteiger partial charge in [-0.1, -0.05) is 61.2 Å². The van der Waals surface area contributed by atoms with Crippen molar-refractivity contribution in [3.05, 3.63) is 83.6 Å². The summed E-state index contributed by atoms with van der Waals surface area (Å²) in [5.41, 5.74) is 10.3. The molecule has 0 radical (unpaired) electrons. The molecule has 2 aromatic rings. The van der Waals surface area contributed by atoms with E-state index < -0.39 is 0 Å². The SMILES string of the molecule is C=C(N)CC1(c2ccccc2)NCc2ccccc21. The number of hydrogen-bond donors (Lipinski definition) is 2. The van der Waals surface area contributed by atoms with Crippen molar-refractivity contribution in [2.45, 2.75) is 18.5 Å². The molecular formula is C17H18N2. The van der Waals surface area contributed by atoms with Crippen LogP contribution in [0.4, 0.5) is 0 Å². The van der Waals surface area contributed by atoms with E-state index in [0.29, 0.717) is 12.1 Å². The summed E-state index contributed by atoms with van der Waals surface area (Å²) in [4.78, 5) is 0. The fourth-order valence-corrected chi connectivity index (χ4v) is 3.01. The predicted octanol–water partition coefficient (Wildman–Crippen LogP) is 2.90. The van der Waals surface area contributed by atoms with Gasteiger partial charge in [0.15, 0.2) is 0 Å². The van der Waals surface area contributed by atoms with E-state index >= 15 is 0 Å². The number of hydrogen-bond acceptors (Lipinski definition) is 2. The Labute approximate surface area is 114 Å². The first-order valence-corrected chi connectivity index (χ1v) is 6.54. The highest BCUT2D eigenvalue weighted by Crippen LogP contribution is 2.40. The lowest BCUT2D eigenvalue weighted by Crippen LogP contribution is -2.39. The van der Waals surface area contributed by atoms with Crippen LogP contribution in [0.1, 0.15) is 23.1 Å². The van der Waals surface area contributed by atoms with Gasteiger partial charge in [0.25, 0.3) is 0 Å². The zero-order valence-corrected chi connectivity index (χ0v) is 10.9. The first-order valence-electron chi connectivity index (χ1n) is 6.54. The highest BCUT2D eigenvalue weighted by molar-refractivity contribution is 5.47. The Hall–Kier alpha value is -2.06. The van der Waals surface area contributed by atoms with Gasteiger partial charge in [-0.2, -0.15) is 0 Å². The van der Waals surface area contributed by atoms with Crippen LogP contribution >= 0.6 is 0 Å². The summed E-state index contributed by atoms with van der Waals surface area (Å²) in [6, 6.07) is 19.0. The van der Waals surface area contributed by atoms with E-state index in [1.165, 1.54) is 16.7 Å². The number of fused-ring (bicyclic) bond motifs is 1. The molecule has 3 N–H and O–H groups in total. The van der Waals surface area contributed by atoms with E-state index in [0.717, 1.165) is 6.54 Å². The van der Waals surface area contributed by atoms with Crippen molar-refractivity contribution >= 4 is 0 Å². The molecule has 2 aromatic carbocycles. The fourth-order valence-electron chi connectivity index (χ4n) is 3.01. The maximum Gasteiger partial charge on any atom is 0.0751 e. The van der Waals surface area contributed by atoms with E-state index in [2.05, 4.69) is 60.4 Å². The second kappa shape index (κ2) is 4.56. The summed E-state index contributed by atoms with van der Waals surface area (Å²) < 4.78 is 0. The maximum absolute atomic E-state index is 5.92. The molecule has 0 aromatic heterocycles. The molecule has 3 rings (SSSR count). The van der Waals surface area contributed by atoms with Crippen LogP contribution in [0.25, 0.3) is 0 Å². The topological polar surface area (TPSA) is 38.0 Å². The molecule has 1 unspecified atom stereocenters. The average Bonchev–Trinajstić information content (AvgIpc) is 2.80. The maximum atomic E-state index is 5.92. The molecule has 0 spiro atoms. The summed E-state index contributed by atoms with van der Waals surface area (Å²) >= 11 is 0. The lowest BCUT2D eigenvalue weighted by Gasteiger charge is -2.32. The highest BCUT2D eigenvalue weighted by atomic mass is 15.0. The van der Waals surface area contributed by atoms with E-state index in [-0.39, 0.29) is 5.54 Å².